The third-order valence-corrected chi connectivity index (χ3v) is 4.20. The van der Waals surface area contributed by atoms with Crippen molar-refractivity contribution >= 4 is 5.69 Å². The van der Waals surface area contributed by atoms with E-state index in [1.54, 1.807) is 0 Å². The molecule has 2 unspecified atom stereocenters. The SMILES string of the molecule is CCC1CCCN(c2ccccc2)C1(C)OC. The second-order valence-electron chi connectivity index (χ2n) is 4.99. The lowest BCUT2D eigenvalue weighted by molar-refractivity contribution is -0.0618. The molecule has 1 aliphatic heterocycles. The van der Waals surface area contributed by atoms with Crippen LogP contribution in [0.5, 0.6) is 0 Å². The second-order valence-corrected chi connectivity index (χ2v) is 4.99. The second kappa shape index (κ2) is 5.09. The van der Waals surface area contributed by atoms with Gasteiger partial charge >= 0.3 is 0 Å². The van der Waals surface area contributed by atoms with Crippen molar-refractivity contribution in [2.24, 2.45) is 5.92 Å². The lowest BCUT2D eigenvalue weighted by Crippen LogP contribution is -2.56. The average molecular weight is 233 g/mol. The minimum Gasteiger partial charge on any atom is -0.359 e. The number of rotatable bonds is 3. The highest BCUT2D eigenvalue weighted by Gasteiger charge is 2.41. The predicted molar refractivity (Wildman–Crippen MR) is 72.2 cm³/mol. The van der Waals surface area contributed by atoms with Crippen LogP contribution in [0.15, 0.2) is 30.3 Å². The van der Waals surface area contributed by atoms with Crippen molar-refractivity contribution in [3.8, 4) is 0 Å². The van der Waals surface area contributed by atoms with Crippen molar-refractivity contribution in [3.63, 3.8) is 0 Å². The lowest BCUT2D eigenvalue weighted by Gasteiger charge is -2.50. The van der Waals surface area contributed by atoms with Crippen LogP contribution >= 0.6 is 0 Å². The number of hydrogen-bond acceptors (Lipinski definition) is 2. The molecule has 0 amide bonds. The standard InChI is InChI=1S/C15H23NO/c1-4-13-9-8-12-16(15(13,2)17-3)14-10-6-5-7-11-14/h5-7,10-11,13H,4,8-9,12H2,1-3H3. The molecule has 17 heavy (non-hydrogen) atoms. The fourth-order valence-corrected chi connectivity index (χ4v) is 3.06. The van der Waals surface area contributed by atoms with Crippen LogP contribution in [0.4, 0.5) is 5.69 Å². The van der Waals surface area contributed by atoms with Gasteiger partial charge in [-0.2, -0.15) is 0 Å². The maximum atomic E-state index is 5.88. The highest BCUT2D eigenvalue weighted by atomic mass is 16.5. The smallest absolute Gasteiger partial charge is 0.140 e. The van der Waals surface area contributed by atoms with Gasteiger partial charge in [0.2, 0.25) is 0 Å². The predicted octanol–water partition coefficient (Wildman–Crippen LogP) is 3.68. The molecule has 0 bridgehead atoms. The Kier molecular flexibility index (Phi) is 3.72. The van der Waals surface area contributed by atoms with Gasteiger partial charge in [0.05, 0.1) is 0 Å². The number of methoxy groups -OCH3 is 1. The van der Waals surface area contributed by atoms with Gasteiger partial charge in [-0.15, -0.1) is 0 Å². The Labute approximate surface area is 105 Å². The highest BCUT2D eigenvalue weighted by Crippen LogP contribution is 2.39. The zero-order valence-corrected chi connectivity index (χ0v) is 11.1. The Morgan fingerprint density at radius 3 is 2.65 bits per heavy atom. The zero-order valence-electron chi connectivity index (χ0n) is 11.1. The van der Waals surface area contributed by atoms with Crippen LogP contribution < -0.4 is 4.90 Å². The molecule has 2 heteroatoms. The van der Waals surface area contributed by atoms with E-state index in [4.69, 9.17) is 4.74 Å². The molecule has 1 aromatic carbocycles. The minimum absolute atomic E-state index is 0.158. The monoisotopic (exact) mass is 233 g/mol. The summed E-state index contributed by atoms with van der Waals surface area (Å²) in [5.74, 6) is 0.612. The van der Waals surface area contributed by atoms with Gasteiger partial charge in [-0.3, -0.25) is 0 Å². The number of piperidine rings is 1. The minimum atomic E-state index is -0.158. The van der Waals surface area contributed by atoms with Gasteiger partial charge < -0.3 is 9.64 Å². The van der Waals surface area contributed by atoms with Crippen LogP contribution in [0.25, 0.3) is 0 Å². The molecular weight excluding hydrogens is 210 g/mol. The summed E-state index contributed by atoms with van der Waals surface area (Å²) in [4.78, 5) is 2.42. The third-order valence-electron chi connectivity index (χ3n) is 4.20. The van der Waals surface area contributed by atoms with Crippen molar-refractivity contribution in [3.05, 3.63) is 30.3 Å². The van der Waals surface area contributed by atoms with E-state index in [1.165, 1.54) is 24.9 Å². The van der Waals surface area contributed by atoms with E-state index >= 15 is 0 Å². The third kappa shape index (κ3) is 2.19. The van der Waals surface area contributed by atoms with Crippen molar-refractivity contribution in [2.75, 3.05) is 18.6 Å². The van der Waals surface area contributed by atoms with Crippen molar-refractivity contribution in [2.45, 2.75) is 38.8 Å². The van der Waals surface area contributed by atoms with Crippen LogP contribution in [0.2, 0.25) is 0 Å². The molecule has 1 heterocycles. The molecule has 1 aromatic rings. The molecule has 2 atom stereocenters. The van der Waals surface area contributed by atoms with E-state index in [9.17, 15) is 0 Å². The first-order valence-electron chi connectivity index (χ1n) is 6.60. The number of hydrogen-bond donors (Lipinski definition) is 0. The van der Waals surface area contributed by atoms with Gasteiger partial charge in [0.1, 0.15) is 5.72 Å². The Bertz CT molecular complexity index is 351. The first-order chi connectivity index (χ1) is 8.22. The molecule has 0 radical (unpaired) electrons. The van der Waals surface area contributed by atoms with Crippen LogP contribution in [-0.2, 0) is 4.74 Å². The lowest BCUT2D eigenvalue weighted by atomic mass is 9.84. The van der Waals surface area contributed by atoms with Crippen molar-refractivity contribution in [1.82, 2.24) is 0 Å². The maximum absolute atomic E-state index is 5.88. The van der Waals surface area contributed by atoms with Crippen LogP contribution in [0.3, 0.4) is 0 Å². The molecule has 1 saturated heterocycles. The number of nitrogens with zero attached hydrogens (tertiary/aromatic N) is 1. The first-order valence-corrected chi connectivity index (χ1v) is 6.60. The summed E-state index contributed by atoms with van der Waals surface area (Å²) in [5.41, 5.74) is 1.11. The number of para-hydroxylation sites is 1. The van der Waals surface area contributed by atoms with Crippen molar-refractivity contribution in [1.29, 1.82) is 0 Å². The van der Waals surface area contributed by atoms with E-state index in [0.717, 1.165) is 6.54 Å². The molecule has 2 rings (SSSR count). The van der Waals surface area contributed by atoms with E-state index in [1.807, 2.05) is 7.11 Å². The van der Waals surface area contributed by atoms with E-state index in [-0.39, 0.29) is 5.72 Å². The molecule has 0 aromatic heterocycles. The summed E-state index contributed by atoms with van der Waals surface area (Å²) in [7, 11) is 1.84. The first kappa shape index (κ1) is 12.4. The molecule has 0 N–H and O–H groups in total. The summed E-state index contributed by atoms with van der Waals surface area (Å²) < 4.78 is 5.88. The molecule has 0 saturated carbocycles. The Morgan fingerprint density at radius 1 is 1.35 bits per heavy atom. The largest absolute Gasteiger partial charge is 0.359 e. The molecular formula is C15H23NO. The quantitative estimate of drug-likeness (QED) is 0.789. The Morgan fingerprint density at radius 2 is 2.06 bits per heavy atom. The van der Waals surface area contributed by atoms with Crippen LogP contribution in [-0.4, -0.2) is 19.4 Å². The summed E-state index contributed by atoms with van der Waals surface area (Å²) in [6, 6.07) is 10.6. The Hall–Kier alpha value is -1.02. The number of benzene rings is 1. The van der Waals surface area contributed by atoms with E-state index in [2.05, 4.69) is 49.1 Å². The van der Waals surface area contributed by atoms with Crippen molar-refractivity contribution < 1.29 is 4.74 Å². The Balaban J connectivity index is 2.31. The molecule has 0 aliphatic carbocycles. The van der Waals surface area contributed by atoms with E-state index in [0.29, 0.717) is 5.92 Å². The van der Waals surface area contributed by atoms with Crippen LogP contribution in [0.1, 0.15) is 33.1 Å². The van der Waals surface area contributed by atoms with Gasteiger partial charge in [-0.05, 0) is 38.3 Å². The number of ether oxygens (including phenoxy) is 1. The van der Waals surface area contributed by atoms with Crippen LogP contribution in [0, 0.1) is 5.92 Å². The summed E-state index contributed by atoms with van der Waals surface area (Å²) in [5, 5.41) is 0. The molecule has 0 spiro atoms. The normalized spacial score (nSPS) is 29.4. The zero-order chi connectivity index (χ0) is 12.3. The molecule has 1 aliphatic rings. The highest BCUT2D eigenvalue weighted by molar-refractivity contribution is 5.48. The van der Waals surface area contributed by atoms with Gasteiger partial charge in [-0.1, -0.05) is 25.1 Å². The fraction of sp³-hybridized carbons (Fsp3) is 0.600. The average Bonchev–Trinajstić information content (AvgIpc) is 2.40. The summed E-state index contributed by atoms with van der Waals surface area (Å²) in [6.45, 7) is 5.58. The maximum Gasteiger partial charge on any atom is 0.140 e. The fourth-order valence-electron chi connectivity index (χ4n) is 3.06. The summed E-state index contributed by atoms with van der Waals surface area (Å²) in [6.07, 6.45) is 3.70. The topological polar surface area (TPSA) is 12.5 Å². The van der Waals surface area contributed by atoms with Gasteiger partial charge in [0.25, 0.3) is 0 Å². The van der Waals surface area contributed by atoms with Gasteiger partial charge in [0, 0.05) is 25.3 Å². The van der Waals surface area contributed by atoms with Gasteiger partial charge in [0.15, 0.2) is 0 Å². The summed E-state index contributed by atoms with van der Waals surface area (Å²) >= 11 is 0. The van der Waals surface area contributed by atoms with Gasteiger partial charge in [-0.25, -0.2) is 0 Å². The molecule has 1 fully saturated rings. The molecule has 94 valence electrons. The molecule has 2 nitrogen and oxygen atoms in total. The number of anilines is 1. The van der Waals surface area contributed by atoms with E-state index < -0.39 is 0 Å².